The van der Waals surface area contributed by atoms with E-state index < -0.39 is 0 Å². The second-order valence-electron chi connectivity index (χ2n) is 7.96. The van der Waals surface area contributed by atoms with E-state index in [1.165, 1.54) is 0 Å². The van der Waals surface area contributed by atoms with Crippen LogP contribution in [0.5, 0.6) is 11.5 Å². The van der Waals surface area contributed by atoms with Gasteiger partial charge in [-0.3, -0.25) is 9.69 Å². The van der Waals surface area contributed by atoms with Gasteiger partial charge in [-0.05, 0) is 54.8 Å². The molecular weight excluding hydrogens is 400 g/mol. The number of hydrogen-bond acceptors (Lipinski definition) is 6. The van der Waals surface area contributed by atoms with Gasteiger partial charge in [0.05, 0.1) is 6.54 Å². The van der Waals surface area contributed by atoms with Crippen molar-refractivity contribution >= 4 is 17.7 Å². The van der Waals surface area contributed by atoms with Crippen LogP contribution < -0.4 is 19.7 Å². The quantitative estimate of drug-likeness (QED) is 0.794. The number of amides is 2. The Bertz CT molecular complexity index is 984. The molecule has 31 heavy (non-hydrogen) atoms. The van der Waals surface area contributed by atoms with Crippen LogP contribution >= 0.6 is 0 Å². The van der Waals surface area contributed by atoms with Gasteiger partial charge in [0, 0.05) is 36.4 Å². The highest BCUT2D eigenvalue weighted by atomic mass is 16.7. The highest BCUT2D eigenvalue weighted by Gasteiger charge is 2.36. The van der Waals surface area contributed by atoms with Gasteiger partial charge in [0.25, 0.3) is 5.91 Å². The molecule has 5 rings (SSSR count). The van der Waals surface area contributed by atoms with Gasteiger partial charge in [0.2, 0.25) is 6.79 Å². The van der Waals surface area contributed by atoms with Crippen LogP contribution in [0.15, 0.2) is 42.5 Å². The number of anilines is 1. The Labute approximate surface area is 180 Å². The largest absolute Gasteiger partial charge is 0.454 e. The van der Waals surface area contributed by atoms with E-state index in [0.29, 0.717) is 38.5 Å². The average Bonchev–Trinajstić information content (AvgIpc) is 3.46. The van der Waals surface area contributed by atoms with Gasteiger partial charge in [0.1, 0.15) is 6.61 Å². The zero-order valence-electron chi connectivity index (χ0n) is 17.1. The van der Waals surface area contributed by atoms with Crippen molar-refractivity contribution in [3.63, 3.8) is 0 Å². The van der Waals surface area contributed by atoms with E-state index >= 15 is 0 Å². The summed E-state index contributed by atoms with van der Waals surface area (Å²) in [5.74, 6) is 1.34. The normalized spacial score (nSPS) is 19.2. The van der Waals surface area contributed by atoms with Crippen molar-refractivity contribution in [2.24, 2.45) is 0 Å². The number of cyclic esters (lactones) is 1. The molecule has 0 aromatic heterocycles. The van der Waals surface area contributed by atoms with Gasteiger partial charge in [0.15, 0.2) is 11.5 Å². The van der Waals surface area contributed by atoms with Crippen molar-refractivity contribution in [2.75, 3.05) is 44.6 Å². The van der Waals surface area contributed by atoms with Crippen LogP contribution in [0, 0.1) is 0 Å². The molecular formula is C23H24N2O6. The van der Waals surface area contributed by atoms with Crippen LogP contribution in [0.1, 0.15) is 28.8 Å². The first kappa shape index (κ1) is 19.7. The number of hydrogen-bond donors (Lipinski definition) is 1. The minimum absolute atomic E-state index is 0.151. The maximum absolute atomic E-state index is 12.9. The Morgan fingerprint density at radius 3 is 2.48 bits per heavy atom. The van der Waals surface area contributed by atoms with Gasteiger partial charge in [-0.1, -0.05) is 6.07 Å². The molecule has 2 fully saturated rings. The van der Waals surface area contributed by atoms with Crippen LogP contribution in [0.3, 0.4) is 0 Å². The number of carbonyl (C=O) groups is 2. The summed E-state index contributed by atoms with van der Waals surface area (Å²) in [6.07, 6.45) is 1.26. The fourth-order valence-corrected chi connectivity index (χ4v) is 4.33. The molecule has 0 radical (unpaired) electrons. The number of nitrogens with zero attached hydrogens (tertiary/aromatic N) is 1. The number of fused-ring (bicyclic) bond motifs is 1. The van der Waals surface area contributed by atoms with Gasteiger partial charge < -0.3 is 24.3 Å². The molecule has 0 aliphatic carbocycles. The van der Waals surface area contributed by atoms with Crippen LogP contribution in [0.2, 0.25) is 0 Å². The lowest BCUT2D eigenvalue weighted by molar-refractivity contribution is 0.0486. The van der Waals surface area contributed by atoms with E-state index in [0.717, 1.165) is 35.6 Å². The molecule has 2 saturated heterocycles. The summed E-state index contributed by atoms with van der Waals surface area (Å²) in [5.41, 5.74) is 2.15. The van der Waals surface area contributed by atoms with E-state index in [1.54, 1.807) is 29.2 Å². The summed E-state index contributed by atoms with van der Waals surface area (Å²) in [7, 11) is 0. The SMILES string of the molecule is O=C(NCC1(c2ccc3c(c2)OCO3)CCOCC1)c1ccc(N2CCOC2=O)cc1. The first-order valence-corrected chi connectivity index (χ1v) is 10.5. The highest BCUT2D eigenvalue weighted by molar-refractivity contribution is 5.95. The minimum Gasteiger partial charge on any atom is -0.454 e. The van der Waals surface area contributed by atoms with Crippen molar-refractivity contribution < 1.29 is 28.5 Å². The number of ether oxygens (including phenoxy) is 4. The third-order valence-corrected chi connectivity index (χ3v) is 6.22. The monoisotopic (exact) mass is 424 g/mol. The van der Waals surface area contributed by atoms with Gasteiger partial charge in [-0.25, -0.2) is 4.79 Å². The van der Waals surface area contributed by atoms with Crippen molar-refractivity contribution in [3.05, 3.63) is 53.6 Å². The topological polar surface area (TPSA) is 86.3 Å². The summed E-state index contributed by atoms with van der Waals surface area (Å²) in [6.45, 7) is 2.92. The molecule has 8 heteroatoms. The maximum Gasteiger partial charge on any atom is 0.414 e. The second-order valence-corrected chi connectivity index (χ2v) is 7.96. The maximum atomic E-state index is 12.9. The summed E-state index contributed by atoms with van der Waals surface area (Å²) in [4.78, 5) is 26.1. The fraction of sp³-hybridized carbons (Fsp3) is 0.391. The van der Waals surface area contributed by atoms with Gasteiger partial charge >= 0.3 is 6.09 Å². The molecule has 0 saturated carbocycles. The third kappa shape index (κ3) is 3.79. The number of benzene rings is 2. The van der Waals surface area contributed by atoms with Crippen molar-refractivity contribution in [1.82, 2.24) is 5.32 Å². The van der Waals surface area contributed by atoms with E-state index in [4.69, 9.17) is 18.9 Å². The molecule has 0 unspecified atom stereocenters. The number of carbonyl (C=O) groups excluding carboxylic acids is 2. The zero-order valence-corrected chi connectivity index (χ0v) is 17.1. The highest BCUT2D eigenvalue weighted by Crippen LogP contribution is 2.40. The molecule has 0 spiro atoms. The predicted octanol–water partition coefficient (Wildman–Crippen LogP) is 2.85. The molecule has 3 aliphatic rings. The Kier molecular flexibility index (Phi) is 5.15. The molecule has 0 atom stereocenters. The molecule has 3 heterocycles. The minimum atomic E-state index is -0.359. The van der Waals surface area contributed by atoms with Crippen LogP contribution in [0.4, 0.5) is 10.5 Å². The van der Waals surface area contributed by atoms with Crippen molar-refractivity contribution in [3.8, 4) is 11.5 Å². The Morgan fingerprint density at radius 1 is 0.968 bits per heavy atom. The van der Waals surface area contributed by atoms with Crippen molar-refractivity contribution in [1.29, 1.82) is 0 Å². The third-order valence-electron chi connectivity index (χ3n) is 6.22. The molecule has 2 aromatic rings. The summed E-state index contributed by atoms with van der Waals surface area (Å²) >= 11 is 0. The first-order valence-electron chi connectivity index (χ1n) is 10.5. The summed E-state index contributed by atoms with van der Waals surface area (Å²) < 4.78 is 21.5. The molecule has 8 nitrogen and oxygen atoms in total. The van der Waals surface area contributed by atoms with Gasteiger partial charge in [-0.2, -0.15) is 0 Å². The zero-order chi connectivity index (χ0) is 21.3. The average molecular weight is 424 g/mol. The van der Waals surface area contributed by atoms with E-state index in [9.17, 15) is 9.59 Å². The smallest absolute Gasteiger partial charge is 0.414 e. The molecule has 2 amide bonds. The van der Waals surface area contributed by atoms with Crippen LogP contribution in [-0.4, -0.2) is 51.7 Å². The lowest BCUT2D eigenvalue weighted by Gasteiger charge is -2.38. The van der Waals surface area contributed by atoms with E-state index in [-0.39, 0.29) is 24.2 Å². The first-order chi connectivity index (χ1) is 15.1. The summed E-state index contributed by atoms with van der Waals surface area (Å²) in [6, 6.07) is 13.0. The molecule has 2 aromatic carbocycles. The Hall–Kier alpha value is -3.26. The lowest BCUT2D eigenvalue weighted by atomic mass is 9.74. The Balaban J connectivity index is 1.30. The standard InChI is InChI=1S/C23H24N2O6/c26-21(16-1-4-18(5-2-16)25-9-12-29-22(25)27)24-14-23(7-10-28-11-8-23)17-3-6-19-20(13-17)31-15-30-19/h1-6,13H,7-12,14-15H2,(H,24,26). The number of rotatable bonds is 5. The van der Waals surface area contributed by atoms with Gasteiger partial charge in [-0.15, -0.1) is 0 Å². The fourth-order valence-electron chi connectivity index (χ4n) is 4.33. The van der Waals surface area contributed by atoms with E-state index in [2.05, 4.69) is 11.4 Å². The molecule has 3 aliphatic heterocycles. The lowest BCUT2D eigenvalue weighted by Crippen LogP contribution is -2.44. The second kappa shape index (κ2) is 8.11. The predicted molar refractivity (Wildman–Crippen MR) is 112 cm³/mol. The molecule has 1 N–H and O–H groups in total. The summed E-state index contributed by atoms with van der Waals surface area (Å²) in [5, 5.41) is 3.10. The van der Waals surface area contributed by atoms with E-state index in [1.807, 2.05) is 12.1 Å². The number of nitrogens with one attached hydrogen (secondary N) is 1. The van der Waals surface area contributed by atoms with Crippen molar-refractivity contribution in [2.45, 2.75) is 18.3 Å². The Morgan fingerprint density at radius 2 is 1.74 bits per heavy atom. The molecule has 162 valence electrons. The van der Waals surface area contributed by atoms with Crippen LogP contribution in [-0.2, 0) is 14.9 Å². The molecule has 0 bridgehead atoms. The van der Waals surface area contributed by atoms with Crippen LogP contribution in [0.25, 0.3) is 0 Å².